The Hall–Kier alpha value is -2.93. The summed E-state index contributed by atoms with van der Waals surface area (Å²) < 4.78 is 0. The number of hydrogen-bond acceptors (Lipinski definition) is 5. The maximum Gasteiger partial charge on any atom is 0.240 e. The van der Waals surface area contributed by atoms with Crippen molar-refractivity contribution in [3.63, 3.8) is 0 Å². The molecule has 7 heteroatoms. The van der Waals surface area contributed by atoms with Gasteiger partial charge in [0.25, 0.3) is 0 Å². The molecule has 1 unspecified atom stereocenters. The molecule has 2 aliphatic rings. The molecule has 6 nitrogen and oxygen atoms in total. The predicted molar refractivity (Wildman–Crippen MR) is 113 cm³/mol. The molecule has 142 valence electrons. The summed E-state index contributed by atoms with van der Waals surface area (Å²) in [6.07, 6.45) is 3.05. The Morgan fingerprint density at radius 2 is 1.86 bits per heavy atom. The third-order valence-corrected chi connectivity index (χ3v) is 5.73. The van der Waals surface area contributed by atoms with E-state index in [-0.39, 0.29) is 18.2 Å². The lowest BCUT2D eigenvalue weighted by Crippen LogP contribution is -2.28. The van der Waals surface area contributed by atoms with Crippen molar-refractivity contribution in [2.75, 3.05) is 5.32 Å². The molecule has 1 heterocycles. The molecule has 1 aliphatic carbocycles. The zero-order valence-corrected chi connectivity index (χ0v) is 16.0. The molecule has 1 aliphatic heterocycles. The molecule has 2 aromatic rings. The smallest absolute Gasteiger partial charge is 0.240 e. The second-order valence-corrected chi connectivity index (χ2v) is 7.87. The van der Waals surface area contributed by atoms with E-state index in [1.807, 2.05) is 42.5 Å². The number of amides is 2. The van der Waals surface area contributed by atoms with E-state index in [0.29, 0.717) is 10.9 Å². The van der Waals surface area contributed by atoms with E-state index in [0.717, 1.165) is 30.5 Å². The van der Waals surface area contributed by atoms with Gasteiger partial charge in [-0.2, -0.15) is 5.10 Å². The molecule has 1 saturated heterocycles. The fourth-order valence-corrected chi connectivity index (χ4v) is 4.22. The van der Waals surface area contributed by atoms with Gasteiger partial charge in [-0.15, -0.1) is 5.10 Å². The van der Waals surface area contributed by atoms with E-state index < -0.39 is 5.25 Å². The van der Waals surface area contributed by atoms with Gasteiger partial charge in [-0.1, -0.05) is 54.2 Å². The number of rotatable bonds is 4. The Morgan fingerprint density at radius 1 is 1.07 bits per heavy atom. The van der Waals surface area contributed by atoms with E-state index in [4.69, 9.17) is 0 Å². The summed E-state index contributed by atoms with van der Waals surface area (Å²) in [5, 5.41) is 14.1. The van der Waals surface area contributed by atoms with Crippen molar-refractivity contribution in [2.45, 2.75) is 30.9 Å². The first-order chi connectivity index (χ1) is 13.7. The zero-order valence-electron chi connectivity index (χ0n) is 15.2. The normalized spacial score (nSPS) is 21.4. The number of carbonyl (C=O) groups excluding carboxylic acids is 2. The van der Waals surface area contributed by atoms with Gasteiger partial charge in [-0.3, -0.25) is 9.59 Å². The van der Waals surface area contributed by atoms with Crippen LogP contribution in [0.2, 0.25) is 0 Å². The minimum atomic E-state index is -0.499. The number of benzene rings is 2. The Bertz CT molecular complexity index is 956. The molecule has 0 bridgehead atoms. The van der Waals surface area contributed by atoms with Crippen molar-refractivity contribution in [1.82, 2.24) is 5.32 Å². The average Bonchev–Trinajstić information content (AvgIpc) is 3.06. The molecule has 28 heavy (non-hydrogen) atoms. The van der Waals surface area contributed by atoms with E-state index >= 15 is 0 Å². The van der Waals surface area contributed by atoms with Crippen molar-refractivity contribution < 1.29 is 9.59 Å². The van der Waals surface area contributed by atoms with Gasteiger partial charge in [0.2, 0.25) is 11.8 Å². The number of thioether (sulfide) groups is 1. The van der Waals surface area contributed by atoms with Crippen LogP contribution in [0.3, 0.4) is 0 Å². The van der Waals surface area contributed by atoms with Crippen molar-refractivity contribution in [3.8, 4) is 0 Å². The third-order valence-electron chi connectivity index (χ3n) is 4.65. The Balaban J connectivity index is 1.40. The van der Waals surface area contributed by atoms with Gasteiger partial charge >= 0.3 is 0 Å². The van der Waals surface area contributed by atoms with Crippen LogP contribution in [-0.4, -0.2) is 27.9 Å². The number of nitrogens with zero attached hydrogens (tertiary/aromatic N) is 2. The van der Waals surface area contributed by atoms with Crippen LogP contribution in [0.1, 0.15) is 30.4 Å². The summed E-state index contributed by atoms with van der Waals surface area (Å²) in [7, 11) is 0. The van der Waals surface area contributed by atoms with Gasteiger partial charge in [0, 0.05) is 17.7 Å². The number of aryl methyl sites for hydroxylation is 1. The quantitative estimate of drug-likeness (QED) is 0.783. The van der Waals surface area contributed by atoms with Crippen LogP contribution >= 0.6 is 11.8 Å². The average molecular weight is 392 g/mol. The van der Waals surface area contributed by atoms with Crippen molar-refractivity contribution in [2.24, 2.45) is 10.2 Å². The van der Waals surface area contributed by atoms with Gasteiger partial charge in [0.05, 0.1) is 5.71 Å². The van der Waals surface area contributed by atoms with Crippen LogP contribution in [-0.2, 0) is 16.0 Å². The maximum atomic E-state index is 12.2. The largest absolute Gasteiger partial charge is 0.326 e. The zero-order chi connectivity index (χ0) is 19.3. The van der Waals surface area contributed by atoms with E-state index in [2.05, 4.69) is 33.0 Å². The highest BCUT2D eigenvalue weighted by molar-refractivity contribution is 8.15. The highest BCUT2D eigenvalue weighted by Gasteiger charge is 2.32. The van der Waals surface area contributed by atoms with E-state index in [1.54, 1.807) is 0 Å². The fourth-order valence-electron chi connectivity index (χ4n) is 3.30. The minimum Gasteiger partial charge on any atom is -0.326 e. The number of amidine groups is 1. The summed E-state index contributed by atoms with van der Waals surface area (Å²) in [4.78, 5) is 24.4. The van der Waals surface area contributed by atoms with Crippen LogP contribution in [0, 0.1) is 0 Å². The molecule has 2 N–H and O–H groups in total. The second-order valence-electron chi connectivity index (χ2n) is 6.68. The Kier molecular flexibility index (Phi) is 5.53. The summed E-state index contributed by atoms with van der Waals surface area (Å²) in [6, 6.07) is 17.4. The third kappa shape index (κ3) is 4.31. The molecule has 0 aromatic heterocycles. The van der Waals surface area contributed by atoms with Gasteiger partial charge in [0.1, 0.15) is 5.25 Å². The number of para-hydroxylation sites is 1. The Morgan fingerprint density at radius 3 is 2.71 bits per heavy atom. The molecule has 1 atom stereocenters. The monoisotopic (exact) mass is 392 g/mol. The van der Waals surface area contributed by atoms with Crippen LogP contribution in [0.4, 0.5) is 5.69 Å². The summed E-state index contributed by atoms with van der Waals surface area (Å²) in [6.45, 7) is 0. The first-order valence-electron chi connectivity index (χ1n) is 9.24. The van der Waals surface area contributed by atoms with Crippen LogP contribution in [0.5, 0.6) is 0 Å². The lowest BCUT2D eigenvalue weighted by Gasteiger charge is -2.16. The van der Waals surface area contributed by atoms with Crippen molar-refractivity contribution in [1.29, 1.82) is 0 Å². The molecular formula is C21H20N4O2S. The SMILES string of the molecule is O=C(CC1S/C(=N\N=C2\CCCc3ccccc32)NC1=O)Nc1ccccc1. The summed E-state index contributed by atoms with van der Waals surface area (Å²) in [5.74, 6) is -0.413. The van der Waals surface area contributed by atoms with Crippen molar-refractivity contribution in [3.05, 3.63) is 65.7 Å². The lowest BCUT2D eigenvalue weighted by atomic mass is 9.90. The van der Waals surface area contributed by atoms with Crippen molar-refractivity contribution >= 4 is 40.1 Å². The standard InChI is InChI=1S/C21H20N4O2S/c26-19(22-15-9-2-1-3-10-15)13-18-20(27)23-21(28-18)25-24-17-12-6-8-14-7-4-5-11-16(14)17/h1-5,7,9-11,18H,6,8,12-13H2,(H,22,26)(H,23,25,27)/b24-17-. The first-order valence-corrected chi connectivity index (χ1v) is 10.1. The molecule has 0 spiro atoms. The first kappa shape index (κ1) is 18.4. The molecule has 0 radical (unpaired) electrons. The van der Waals surface area contributed by atoms with Crippen LogP contribution < -0.4 is 10.6 Å². The second kappa shape index (κ2) is 8.39. The Labute approximate surface area is 167 Å². The number of fused-ring (bicyclic) bond motifs is 1. The van der Waals surface area contributed by atoms with Gasteiger partial charge < -0.3 is 10.6 Å². The highest BCUT2D eigenvalue weighted by atomic mass is 32.2. The van der Waals surface area contributed by atoms with Crippen LogP contribution in [0.25, 0.3) is 0 Å². The molecule has 1 fully saturated rings. The molecule has 2 amide bonds. The van der Waals surface area contributed by atoms with Gasteiger partial charge in [0.15, 0.2) is 5.17 Å². The lowest BCUT2D eigenvalue weighted by molar-refractivity contribution is -0.122. The number of anilines is 1. The molecular weight excluding hydrogens is 372 g/mol. The molecule has 2 aromatic carbocycles. The number of hydrogen-bond donors (Lipinski definition) is 2. The van der Waals surface area contributed by atoms with E-state index in [1.165, 1.54) is 17.3 Å². The van der Waals surface area contributed by atoms with E-state index in [9.17, 15) is 9.59 Å². The van der Waals surface area contributed by atoms with Crippen LogP contribution in [0.15, 0.2) is 64.8 Å². The fraction of sp³-hybridized carbons (Fsp3) is 0.238. The number of carbonyl (C=O) groups is 2. The van der Waals surface area contributed by atoms with Gasteiger partial charge in [-0.05, 0) is 37.0 Å². The van der Waals surface area contributed by atoms with Gasteiger partial charge in [-0.25, -0.2) is 0 Å². The summed E-state index contributed by atoms with van der Waals surface area (Å²) >= 11 is 1.25. The highest BCUT2D eigenvalue weighted by Crippen LogP contribution is 2.25. The molecule has 4 rings (SSSR count). The minimum absolute atomic E-state index is 0.0871. The molecule has 0 saturated carbocycles. The maximum absolute atomic E-state index is 12.2. The summed E-state index contributed by atoms with van der Waals surface area (Å²) in [5.41, 5.74) is 4.07. The topological polar surface area (TPSA) is 82.9 Å². The predicted octanol–water partition coefficient (Wildman–Crippen LogP) is 3.34. The number of nitrogens with one attached hydrogen (secondary N) is 2.